The summed E-state index contributed by atoms with van der Waals surface area (Å²) in [6.45, 7) is 11.3. The van der Waals surface area contributed by atoms with Crippen LogP contribution in [0.3, 0.4) is 0 Å². The molecular formula is C18H25N. The SMILES string of the molecule is Cc1ccc(C(C)(C)C)cc1C1(C)C=CC=CN1C. The Morgan fingerprint density at radius 1 is 1.11 bits per heavy atom. The lowest BCUT2D eigenvalue weighted by Crippen LogP contribution is -2.38. The van der Waals surface area contributed by atoms with Crippen LogP contribution in [0.15, 0.2) is 42.6 Å². The van der Waals surface area contributed by atoms with Crippen molar-refractivity contribution in [2.75, 3.05) is 7.05 Å². The quantitative estimate of drug-likeness (QED) is 0.713. The van der Waals surface area contributed by atoms with Crippen molar-refractivity contribution in [3.05, 3.63) is 59.3 Å². The molecule has 1 unspecified atom stereocenters. The maximum atomic E-state index is 2.37. The van der Waals surface area contributed by atoms with Crippen LogP contribution in [0, 0.1) is 6.92 Å². The first kappa shape index (κ1) is 13.9. The highest BCUT2D eigenvalue weighted by Gasteiger charge is 2.30. The molecule has 1 aliphatic heterocycles. The van der Waals surface area contributed by atoms with E-state index in [0.717, 1.165) is 0 Å². The van der Waals surface area contributed by atoms with Crippen LogP contribution in [0.25, 0.3) is 0 Å². The highest BCUT2D eigenvalue weighted by atomic mass is 15.1. The summed E-state index contributed by atoms with van der Waals surface area (Å²) in [6, 6.07) is 6.88. The summed E-state index contributed by atoms with van der Waals surface area (Å²) >= 11 is 0. The number of benzene rings is 1. The molecule has 0 saturated carbocycles. The normalized spacial score (nSPS) is 22.9. The van der Waals surface area contributed by atoms with Crippen molar-refractivity contribution in [1.29, 1.82) is 0 Å². The lowest BCUT2D eigenvalue weighted by Gasteiger charge is -2.39. The third-order valence-corrected chi connectivity index (χ3v) is 4.22. The molecule has 0 aliphatic carbocycles. The van der Waals surface area contributed by atoms with Crippen LogP contribution < -0.4 is 0 Å². The van der Waals surface area contributed by atoms with Gasteiger partial charge in [-0.1, -0.05) is 51.1 Å². The van der Waals surface area contributed by atoms with Crippen molar-refractivity contribution < 1.29 is 0 Å². The van der Waals surface area contributed by atoms with Gasteiger partial charge < -0.3 is 4.90 Å². The van der Waals surface area contributed by atoms with Crippen LogP contribution >= 0.6 is 0 Å². The Kier molecular flexibility index (Phi) is 3.34. The van der Waals surface area contributed by atoms with Gasteiger partial charge in [0.15, 0.2) is 0 Å². The molecule has 102 valence electrons. The third kappa shape index (κ3) is 2.47. The summed E-state index contributed by atoms with van der Waals surface area (Å²) in [6.07, 6.45) is 8.65. The fourth-order valence-electron chi connectivity index (χ4n) is 2.61. The number of nitrogens with zero attached hydrogens (tertiary/aromatic N) is 1. The topological polar surface area (TPSA) is 3.24 Å². The van der Waals surface area contributed by atoms with Gasteiger partial charge >= 0.3 is 0 Å². The van der Waals surface area contributed by atoms with Gasteiger partial charge in [0, 0.05) is 7.05 Å². The van der Waals surface area contributed by atoms with Gasteiger partial charge in [0.2, 0.25) is 0 Å². The molecule has 0 radical (unpaired) electrons. The molecule has 0 saturated heterocycles. The molecule has 0 aromatic heterocycles. The van der Waals surface area contributed by atoms with Crippen molar-refractivity contribution >= 4 is 0 Å². The van der Waals surface area contributed by atoms with Crippen LogP contribution in [0.4, 0.5) is 0 Å². The van der Waals surface area contributed by atoms with E-state index >= 15 is 0 Å². The zero-order valence-electron chi connectivity index (χ0n) is 13.0. The molecule has 1 aromatic rings. The highest BCUT2D eigenvalue weighted by molar-refractivity contribution is 5.43. The van der Waals surface area contributed by atoms with Crippen molar-refractivity contribution in [1.82, 2.24) is 4.90 Å². The molecule has 1 heterocycles. The van der Waals surface area contributed by atoms with Gasteiger partial charge in [-0.25, -0.2) is 0 Å². The van der Waals surface area contributed by atoms with Crippen molar-refractivity contribution in [3.63, 3.8) is 0 Å². The van der Waals surface area contributed by atoms with E-state index < -0.39 is 0 Å². The second-order valence-corrected chi connectivity index (χ2v) is 6.74. The van der Waals surface area contributed by atoms with Gasteiger partial charge in [-0.15, -0.1) is 0 Å². The Morgan fingerprint density at radius 3 is 2.37 bits per heavy atom. The molecule has 1 aromatic carbocycles. The second kappa shape index (κ2) is 4.56. The second-order valence-electron chi connectivity index (χ2n) is 6.74. The molecule has 0 fully saturated rings. The Labute approximate surface area is 117 Å². The predicted octanol–water partition coefficient (Wildman–Crippen LogP) is 4.52. The average Bonchev–Trinajstić information content (AvgIpc) is 2.32. The van der Waals surface area contributed by atoms with Crippen molar-refractivity contribution in [3.8, 4) is 0 Å². The number of likely N-dealkylation sites (N-methyl/N-ethyl adjacent to an activating group) is 1. The molecular weight excluding hydrogens is 230 g/mol. The van der Waals surface area contributed by atoms with E-state index in [2.05, 4.69) is 89.2 Å². The van der Waals surface area contributed by atoms with Gasteiger partial charge in [-0.05, 0) is 48.2 Å². The summed E-state index contributed by atoms with van der Waals surface area (Å²) in [4.78, 5) is 2.28. The van der Waals surface area contributed by atoms with E-state index in [1.165, 1.54) is 16.7 Å². The first-order valence-corrected chi connectivity index (χ1v) is 6.96. The largest absolute Gasteiger partial charge is 0.368 e. The molecule has 0 N–H and O–H groups in total. The molecule has 19 heavy (non-hydrogen) atoms. The molecule has 0 spiro atoms. The maximum absolute atomic E-state index is 2.37. The maximum Gasteiger partial charge on any atom is 0.0806 e. The fourth-order valence-corrected chi connectivity index (χ4v) is 2.61. The summed E-state index contributed by atoms with van der Waals surface area (Å²) < 4.78 is 0. The minimum absolute atomic E-state index is 0.0555. The Hall–Kier alpha value is -1.50. The number of rotatable bonds is 1. The molecule has 0 bridgehead atoms. The van der Waals surface area contributed by atoms with Gasteiger partial charge in [0.1, 0.15) is 0 Å². The molecule has 1 nitrogen and oxygen atoms in total. The molecule has 1 atom stereocenters. The first-order valence-electron chi connectivity index (χ1n) is 6.96. The summed E-state index contributed by atoms with van der Waals surface area (Å²) in [7, 11) is 2.14. The smallest absolute Gasteiger partial charge is 0.0806 e. The Morgan fingerprint density at radius 2 is 1.79 bits per heavy atom. The number of allylic oxidation sites excluding steroid dienone is 2. The van der Waals surface area contributed by atoms with Crippen LogP contribution in [0.2, 0.25) is 0 Å². The lowest BCUT2D eigenvalue weighted by atomic mass is 9.80. The molecule has 0 amide bonds. The number of hydrogen-bond acceptors (Lipinski definition) is 1. The monoisotopic (exact) mass is 255 g/mol. The zero-order chi connectivity index (χ0) is 14.3. The van der Waals surface area contributed by atoms with Crippen LogP contribution in [-0.2, 0) is 11.0 Å². The summed E-state index contributed by atoms with van der Waals surface area (Å²) in [5.41, 5.74) is 4.27. The molecule has 2 rings (SSSR count). The van der Waals surface area contributed by atoms with E-state index in [-0.39, 0.29) is 11.0 Å². The van der Waals surface area contributed by atoms with Gasteiger partial charge in [-0.2, -0.15) is 0 Å². The molecule has 1 heteroatoms. The van der Waals surface area contributed by atoms with E-state index in [1.807, 2.05) is 0 Å². The summed E-state index contributed by atoms with van der Waals surface area (Å²) in [5, 5.41) is 0. The van der Waals surface area contributed by atoms with Crippen LogP contribution in [0.5, 0.6) is 0 Å². The van der Waals surface area contributed by atoms with E-state index in [1.54, 1.807) is 0 Å². The predicted molar refractivity (Wildman–Crippen MR) is 83.3 cm³/mol. The van der Waals surface area contributed by atoms with Crippen LogP contribution in [-0.4, -0.2) is 11.9 Å². The van der Waals surface area contributed by atoms with E-state index in [9.17, 15) is 0 Å². The minimum atomic E-state index is -0.0555. The molecule has 1 aliphatic rings. The fraction of sp³-hybridized carbons (Fsp3) is 0.444. The highest BCUT2D eigenvalue weighted by Crippen LogP contribution is 2.36. The Bertz CT molecular complexity index is 531. The van der Waals surface area contributed by atoms with Crippen molar-refractivity contribution in [2.24, 2.45) is 0 Å². The average molecular weight is 255 g/mol. The summed E-state index contributed by atoms with van der Waals surface area (Å²) in [5.74, 6) is 0. The standard InChI is InChI=1S/C18H25N/c1-14-9-10-15(17(2,3)4)13-16(14)18(5)11-7-8-12-19(18)6/h7-13H,1-6H3. The van der Waals surface area contributed by atoms with Gasteiger partial charge in [0.25, 0.3) is 0 Å². The Balaban J connectivity index is 2.56. The van der Waals surface area contributed by atoms with Crippen molar-refractivity contribution in [2.45, 2.75) is 45.6 Å². The number of aryl methyl sites for hydroxylation is 1. The van der Waals surface area contributed by atoms with E-state index in [4.69, 9.17) is 0 Å². The van der Waals surface area contributed by atoms with E-state index in [0.29, 0.717) is 0 Å². The lowest BCUT2D eigenvalue weighted by molar-refractivity contribution is 0.260. The first-order chi connectivity index (χ1) is 8.75. The number of hydrogen-bond donors (Lipinski definition) is 0. The van der Waals surface area contributed by atoms with Gasteiger partial charge in [-0.3, -0.25) is 0 Å². The minimum Gasteiger partial charge on any atom is -0.368 e. The van der Waals surface area contributed by atoms with Gasteiger partial charge in [0.05, 0.1) is 5.54 Å². The third-order valence-electron chi connectivity index (χ3n) is 4.22. The van der Waals surface area contributed by atoms with Crippen LogP contribution in [0.1, 0.15) is 44.4 Å². The zero-order valence-corrected chi connectivity index (χ0v) is 13.0.